The Morgan fingerprint density at radius 1 is 1.07 bits per heavy atom. The second-order valence-corrected chi connectivity index (χ2v) is 12.3. The predicted octanol–water partition coefficient (Wildman–Crippen LogP) is 4.10. The van der Waals surface area contributed by atoms with Crippen LogP contribution in [0.3, 0.4) is 0 Å². The fraction of sp³-hybridized carbons (Fsp3) is 0.667. The van der Waals surface area contributed by atoms with Crippen molar-refractivity contribution in [1.82, 2.24) is 35.3 Å². The number of likely N-dealkylation sites (tertiary alicyclic amines) is 1. The average molecular weight is 568 g/mol. The Morgan fingerprint density at radius 3 is 2.44 bits per heavy atom. The molecule has 3 atom stereocenters. The summed E-state index contributed by atoms with van der Waals surface area (Å²) in [6, 6.07) is 8.21. The molecule has 3 amide bonds. The highest BCUT2D eigenvalue weighted by atomic mass is 16.6. The summed E-state index contributed by atoms with van der Waals surface area (Å²) in [6.07, 6.45) is 6.33. The number of carbonyl (C=O) groups excluding carboxylic acids is 3. The predicted molar refractivity (Wildman–Crippen MR) is 154 cm³/mol. The molecule has 0 spiro atoms. The topological polar surface area (TPSA) is 123 Å². The summed E-state index contributed by atoms with van der Waals surface area (Å²) in [4.78, 5) is 45.3. The number of amides is 3. The molecule has 1 unspecified atom stereocenters. The van der Waals surface area contributed by atoms with E-state index in [1.807, 2.05) is 42.2 Å². The molecule has 1 aromatic carbocycles. The van der Waals surface area contributed by atoms with Crippen LogP contribution in [0.2, 0.25) is 0 Å². The summed E-state index contributed by atoms with van der Waals surface area (Å²) >= 11 is 0. The van der Waals surface area contributed by atoms with Gasteiger partial charge in [0, 0.05) is 13.6 Å². The molecule has 1 N–H and O–H groups in total. The molecule has 2 aliphatic rings. The van der Waals surface area contributed by atoms with E-state index in [4.69, 9.17) is 4.74 Å². The average Bonchev–Trinajstić information content (AvgIpc) is 3.61. The maximum absolute atomic E-state index is 14.2. The molecule has 2 aromatic rings. The van der Waals surface area contributed by atoms with Crippen LogP contribution < -0.4 is 5.32 Å². The maximum Gasteiger partial charge on any atom is 0.410 e. The minimum absolute atomic E-state index is 0.0347. The summed E-state index contributed by atoms with van der Waals surface area (Å²) < 4.78 is 5.50. The molecule has 224 valence electrons. The molecule has 0 bridgehead atoms. The van der Waals surface area contributed by atoms with Crippen LogP contribution in [0.5, 0.6) is 0 Å². The lowest BCUT2D eigenvalue weighted by atomic mass is 9.83. The van der Waals surface area contributed by atoms with E-state index in [1.165, 1.54) is 4.90 Å². The van der Waals surface area contributed by atoms with E-state index in [0.29, 0.717) is 25.3 Å². The third-order valence-electron chi connectivity index (χ3n) is 7.99. The van der Waals surface area contributed by atoms with Gasteiger partial charge < -0.3 is 15.0 Å². The molecule has 2 fully saturated rings. The number of benzene rings is 1. The van der Waals surface area contributed by atoms with Crippen molar-refractivity contribution >= 4 is 17.9 Å². The lowest BCUT2D eigenvalue weighted by Crippen LogP contribution is -2.57. The Kier molecular flexibility index (Phi) is 9.99. The zero-order chi connectivity index (χ0) is 29.6. The van der Waals surface area contributed by atoms with Crippen LogP contribution >= 0.6 is 0 Å². The van der Waals surface area contributed by atoms with Crippen LogP contribution in [0.1, 0.15) is 96.5 Å². The third kappa shape index (κ3) is 7.83. The Morgan fingerprint density at radius 2 is 1.78 bits per heavy atom. The van der Waals surface area contributed by atoms with E-state index in [-0.39, 0.29) is 23.8 Å². The van der Waals surface area contributed by atoms with E-state index in [9.17, 15) is 14.4 Å². The SMILES string of the molecule is CC[C@@H](C(=O)NC(C(=O)N1CCC[C@H]1c1nnn(Cc2ccccc2)n1)C1CCCCC1)N(C)C(=O)OC(C)(C)C. The van der Waals surface area contributed by atoms with Crippen LogP contribution in [-0.2, 0) is 20.9 Å². The minimum Gasteiger partial charge on any atom is -0.444 e. The van der Waals surface area contributed by atoms with Gasteiger partial charge in [-0.2, -0.15) is 4.80 Å². The van der Waals surface area contributed by atoms with Crippen molar-refractivity contribution in [1.29, 1.82) is 0 Å². The summed E-state index contributed by atoms with van der Waals surface area (Å²) in [5, 5.41) is 16.3. The van der Waals surface area contributed by atoms with E-state index < -0.39 is 23.8 Å². The second kappa shape index (κ2) is 13.4. The first-order valence-corrected chi connectivity index (χ1v) is 15.0. The van der Waals surface area contributed by atoms with Crippen molar-refractivity contribution in [3.63, 3.8) is 0 Å². The summed E-state index contributed by atoms with van der Waals surface area (Å²) in [5.74, 6) is 0.110. The molecular formula is C30H45N7O4. The van der Waals surface area contributed by atoms with E-state index in [0.717, 1.165) is 50.5 Å². The third-order valence-corrected chi connectivity index (χ3v) is 7.99. The largest absolute Gasteiger partial charge is 0.444 e. The Hall–Kier alpha value is -3.50. The first kappa shape index (κ1) is 30.5. The van der Waals surface area contributed by atoms with Crippen LogP contribution in [-0.4, -0.2) is 79.2 Å². The van der Waals surface area contributed by atoms with Crippen molar-refractivity contribution < 1.29 is 19.1 Å². The zero-order valence-corrected chi connectivity index (χ0v) is 25.1. The molecule has 41 heavy (non-hydrogen) atoms. The highest BCUT2D eigenvalue weighted by Crippen LogP contribution is 2.33. The van der Waals surface area contributed by atoms with Gasteiger partial charge in [0.2, 0.25) is 11.8 Å². The van der Waals surface area contributed by atoms with Gasteiger partial charge in [0.15, 0.2) is 5.82 Å². The number of rotatable bonds is 9. The number of tetrazole rings is 1. The van der Waals surface area contributed by atoms with Gasteiger partial charge in [0.1, 0.15) is 17.7 Å². The summed E-state index contributed by atoms with van der Waals surface area (Å²) in [5.41, 5.74) is 0.389. The van der Waals surface area contributed by atoms with Crippen molar-refractivity contribution in [2.75, 3.05) is 13.6 Å². The molecule has 0 radical (unpaired) electrons. The number of nitrogens with zero attached hydrogens (tertiary/aromatic N) is 6. The molecule has 1 aromatic heterocycles. The lowest BCUT2D eigenvalue weighted by molar-refractivity contribution is -0.140. The fourth-order valence-corrected chi connectivity index (χ4v) is 5.87. The van der Waals surface area contributed by atoms with E-state index in [2.05, 4.69) is 20.7 Å². The van der Waals surface area contributed by atoms with Gasteiger partial charge in [-0.05, 0) is 69.6 Å². The number of aromatic nitrogens is 4. The van der Waals surface area contributed by atoms with E-state index >= 15 is 0 Å². The smallest absolute Gasteiger partial charge is 0.410 e. The number of hydrogen-bond donors (Lipinski definition) is 1. The van der Waals surface area contributed by atoms with Crippen LogP contribution in [0.25, 0.3) is 0 Å². The van der Waals surface area contributed by atoms with Crippen molar-refractivity contribution in [3.05, 3.63) is 41.7 Å². The quantitative estimate of drug-likeness (QED) is 0.484. The number of hydrogen-bond acceptors (Lipinski definition) is 7. The summed E-state index contributed by atoms with van der Waals surface area (Å²) in [7, 11) is 1.57. The molecule has 11 heteroatoms. The van der Waals surface area contributed by atoms with E-state index in [1.54, 1.807) is 32.6 Å². The van der Waals surface area contributed by atoms with Gasteiger partial charge in [0.25, 0.3) is 0 Å². The van der Waals surface area contributed by atoms with Crippen LogP contribution in [0.4, 0.5) is 4.79 Å². The highest BCUT2D eigenvalue weighted by molar-refractivity contribution is 5.91. The Bertz CT molecular complexity index is 1170. The molecule has 1 saturated carbocycles. The van der Waals surface area contributed by atoms with Crippen LogP contribution in [0, 0.1) is 5.92 Å². The standard InChI is InChI=1S/C30H45N7O4/c1-6-23(35(5)29(40)41-30(2,3)4)27(38)31-25(22-16-11-8-12-17-22)28(39)36-19-13-18-24(36)26-32-34-37(33-26)20-21-14-9-7-10-15-21/h7,9-10,14-15,22-25H,6,8,11-13,16-20H2,1-5H3,(H,31,38)/t23-,24-,25?/m0/s1. The molecule has 1 aliphatic heterocycles. The Balaban J connectivity index is 1.50. The van der Waals surface area contributed by atoms with Gasteiger partial charge in [-0.15, -0.1) is 10.2 Å². The molecular weight excluding hydrogens is 522 g/mol. The van der Waals surface area contributed by atoms with Gasteiger partial charge in [-0.25, -0.2) is 4.79 Å². The van der Waals surface area contributed by atoms with Gasteiger partial charge in [-0.3, -0.25) is 14.5 Å². The van der Waals surface area contributed by atoms with Crippen molar-refractivity contribution in [3.8, 4) is 0 Å². The van der Waals surface area contributed by atoms with Crippen LogP contribution in [0.15, 0.2) is 30.3 Å². The summed E-state index contributed by atoms with van der Waals surface area (Å²) in [6.45, 7) is 8.30. The van der Waals surface area contributed by atoms with Crippen molar-refractivity contribution in [2.24, 2.45) is 5.92 Å². The Labute approximate surface area is 243 Å². The maximum atomic E-state index is 14.2. The first-order chi connectivity index (χ1) is 19.6. The normalized spacial score (nSPS) is 19.4. The minimum atomic E-state index is -0.752. The van der Waals surface area contributed by atoms with Crippen molar-refractivity contribution in [2.45, 2.75) is 109 Å². The lowest BCUT2D eigenvalue weighted by Gasteiger charge is -2.36. The second-order valence-electron chi connectivity index (χ2n) is 12.3. The fourth-order valence-electron chi connectivity index (χ4n) is 5.87. The number of ether oxygens (including phenoxy) is 1. The zero-order valence-electron chi connectivity index (χ0n) is 25.1. The molecule has 11 nitrogen and oxygen atoms in total. The van der Waals surface area contributed by atoms with Gasteiger partial charge in [-0.1, -0.05) is 56.5 Å². The molecule has 2 heterocycles. The highest BCUT2D eigenvalue weighted by Gasteiger charge is 2.41. The number of carbonyl (C=O) groups is 3. The van der Waals surface area contributed by atoms with Gasteiger partial charge >= 0.3 is 6.09 Å². The number of nitrogens with one attached hydrogen (secondary N) is 1. The molecule has 4 rings (SSSR count). The molecule has 1 saturated heterocycles. The first-order valence-electron chi connectivity index (χ1n) is 15.0. The monoisotopic (exact) mass is 567 g/mol. The number of likely N-dealkylation sites (N-methyl/N-ethyl adjacent to an activating group) is 1. The molecule has 1 aliphatic carbocycles. The van der Waals surface area contributed by atoms with Gasteiger partial charge in [0.05, 0.1) is 12.6 Å².